The summed E-state index contributed by atoms with van der Waals surface area (Å²) in [6, 6.07) is 21.5. The zero-order valence-corrected chi connectivity index (χ0v) is 20.0. The molecular weight excluding hydrogens is 404 g/mol. The van der Waals surface area contributed by atoms with E-state index in [-0.39, 0.29) is 5.41 Å². The van der Waals surface area contributed by atoms with Gasteiger partial charge < -0.3 is 4.42 Å². The second kappa shape index (κ2) is 8.15. The Bertz CT molecular complexity index is 1450. The lowest BCUT2D eigenvalue weighted by Gasteiger charge is -2.22. The molecular formula is C30H30N2O. The Morgan fingerprint density at radius 3 is 2.45 bits per heavy atom. The van der Waals surface area contributed by atoms with Gasteiger partial charge in [-0.3, -0.25) is 4.98 Å². The lowest BCUT2D eigenvalue weighted by Crippen LogP contribution is -2.12. The maximum atomic E-state index is 5.74. The number of furan rings is 1. The zero-order valence-electron chi connectivity index (χ0n) is 20.0. The standard InChI is InChI=1S/C30H30N2O/c1-19(2)14-28-29-22(11-13-33-29)18-27(32-28)21-10-12-31-26(17-21)23-15-20-8-6-7-9-24(20)25(16-23)30(3,4)5/h6-13,15-19H,14H2,1-5H3. The number of aromatic nitrogens is 2. The van der Waals surface area contributed by atoms with Crippen molar-refractivity contribution in [3.63, 3.8) is 0 Å². The molecule has 0 N–H and O–H groups in total. The summed E-state index contributed by atoms with van der Waals surface area (Å²) in [5.41, 5.74) is 7.40. The van der Waals surface area contributed by atoms with Crippen LogP contribution in [0.15, 0.2) is 77.5 Å². The molecule has 3 heterocycles. The summed E-state index contributed by atoms with van der Waals surface area (Å²) in [7, 11) is 0. The Morgan fingerprint density at radius 2 is 1.67 bits per heavy atom. The first kappa shape index (κ1) is 21.4. The summed E-state index contributed by atoms with van der Waals surface area (Å²) < 4.78 is 5.74. The van der Waals surface area contributed by atoms with E-state index in [1.165, 1.54) is 16.3 Å². The molecule has 0 aliphatic heterocycles. The zero-order chi connectivity index (χ0) is 23.2. The number of hydrogen-bond donors (Lipinski definition) is 0. The third-order valence-electron chi connectivity index (χ3n) is 6.13. The molecule has 0 radical (unpaired) electrons. The van der Waals surface area contributed by atoms with Crippen LogP contribution in [0.3, 0.4) is 0 Å². The number of nitrogens with zero attached hydrogens (tertiary/aromatic N) is 2. The maximum absolute atomic E-state index is 5.74. The highest BCUT2D eigenvalue weighted by Gasteiger charge is 2.19. The quantitative estimate of drug-likeness (QED) is 0.286. The molecule has 5 aromatic rings. The molecule has 0 saturated carbocycles. The fourth-order valence-corrected chi connectivity index (χ4v) is 4.54. The Kier molecular flexibility index (Phi) is 5.28. The minimum absolute atomic E-state index is 0.0346. The second-order valence-electron chi connectivity index (χ2n) is 10.3. The summed E-state index contributed by atoms with van der Waals surface area (Å²) in [5.74, 6) is 0.502. The van der Waals surface area contributed by atoms with Gasteiger partial charge in [0.15, 0.2) is 5.58 Å². The Labute approximate surface area is 195 Å². The van der Waals surface area contributed by atoms with E-state index in [0.717, 1.165) is 45.6 Å². The van der Waals surface area contributed by atoms with Gasteiger partial charge in [0.2, 0.25) is 0 Å². The first-order chi connectivity index (χ1) is 15.8. The van der Waals surface area contributed by atoms with Crippen molar-refractivity contribution in [2.24, 2.45) is 5.92 Å². The maximum Gasteiger partial charge on any atom is 0.155 e. The summed E-state index contributed by atoms with van der Waals surface area (Å²) >= 11 is 0. The van der Waals surface area contributed by atoms with Crippen LogP contribution in [0.4, 0.5) is 0 Å². The van der Waals surface area contributed by atoms with Crippen LogP contribution in [0, 0.1) is 5.92 Å². The van der Waals surface area contributed by atoms with Gasteiger partial charge in [-0.2, -0.15) is 0 Å². The minimum atomic E-state index is 0.0346. The largest absolute Gasteiger partial charge is 0.462 e. The topological polar surface area (TPSA) is 38.9 Å². The van der Waals surface area contributed by atoms with E-state index >= 15 is 0 Å². The van der Waals surface area contributed by atoms with E-state index < -0.39 is 0 Å². The predicted octanol–water partition coefficient (Wildman–Crippen LogP) is 8.21. The van der Waals surface area contributed by atoms with E-state index in [9.17, 15) is 0 Å². The van der Waals surface area contributed by atoms with Crippen molar-refractivity contribution in [1.29, 1.82) is 0 Å². The van der Waals surface area contributed by atoms with Crippen molar-refractivity contribution in [2.75, 3.05) is 0 Å². The normalized spacial score (nSPS) is 12.2. The van der Waals surface area contributed by atoms with Crippen LogP contribution in [-0.2, 0) is 11.8 Å². The fourth-order valence-electron chi connectivity index (χ4n) is 4.54. The van der Waals surface area contributed by atoms with Crippen LogP contribution in [0.1, 0.15) is 45.9 Å². The first-order valence-electron chi connectivity index (χ1n) is 11.7. The molecule has 0 unspecified atom stereocenters. The van der Waals surface area contributed by atoms with Gasteiger partial charge in [-0.25, -0.2) is 4.98 Å². The number of hydrogen-bond acceptors (Lipinski definition) is 3. The molecule has 0 spiro atoms. The van der Waals surface area contributed by atoms with Crippen molar-refractivity contribution in [1.82, 2.24) is 9.97 Å². The van der Waals surface area contributed by atoms with Gasteiger partial charge in [-0.1, -0.05) is 58.9 Å². The van der Waals surface area contributed by atoms with Gasteiger partial charge in [0.25, 0.3) is 0 Å². The SMILES string of the molecule is CC(C)Cc1nc(-c2ccnc(-c3cc(C(C)(C)C)c4ccccc4c3)c2)cc2ccoc12. The molecule has 0 aliphatic rings. The van der Waals surface area contributed by atoms with Crippen LogP contribution >= 0.6 is 0 Å². The molecule has 0 saturated heterocycles. The summed E-state index contributed by atoms with van der Waals surface area (Å²) in [5, 5.41) is 3.63. The molecule has 3 nitrogen and oxygen atoms in total. The molecule has 0 aliphatic carbocycles. The lowest BCUT2D eigenvalue weighted by atomic mass is 9.82. The molecule has 166 valence electrons. The fraction of sp³-hybridized carbons (Fsp3) is 0.267. The van der Waals surface area contributed by atoms with Crippen LogP contribution in [-0.4, -0.2) is 9.97 Å². The molecule has 2 aromatic carbocycles. The third-order valence-corrected chi connectivity index (χ3v) is 6.13. The van der Waals surface area contributed by atoms with Crippen LogP contribution in [0.2, 0.25) is 0 Å². The third kappa shape index (κ3) is 4.16. The van der Waals surface area contributed by atoms with Crippen LogP contribution < -0.4 is 0 Å². The average molecular weight is 435 g/mol. The Morgan fingerprint density at radius 1 is 0.848 bits per heavy atom. The second-order valence-corrected chi connectivity index (χ2v) is 10.3. The Hall–Kier alpha value is -3.46. The molecule has 0 amide bonds. The number of benzene rings is 2. The van der Waals surface area contributed by atoms with Gasteiger partial charge >= 0.3 is 0 Å². The Balaban J connectivity index is 1.65. The van der Waals surface area contributed by atoms with Crippen LogP contribution in [0.5, 0.6) is 0 Å². The monoisotopic (exact) mass is 434 g/mol. The average Bonchev–Trinajstić information content (AvgIpc) is 3.26. The number of pyridine rings is 2. The van der Waals surface area contributed by atoms with Crippen molar-refractivity contribution in [3.8, 4) is 22.5 Å². The number of fused-ring (bicyclic) bond motifs is 2. The molecule has 0 atom stereocenters. The van der Waals surface area contributed by atoms with Gasteiger partial charge in [-0.05, 0) is 70.5 Å². The lowest BCUT2D eigenvalue weighted by molar-refractivity contribution is 0.588. The van der Waals surface area contributed by atoms with Crippen molar-refractivity contribution < 1.29 is 4.42 Å². The minimum Gasteiger partial charge on any atom is -0.462 e. The summed E-state index contributed by atoms with van der Waals surface area (Å²) in [4.78, 5) is 9.75. The molecule has 3 heteroatoms. The predicted molar refractivity (Wildman–Crippen MR) is 137 cm³/mol. The van der Waals surface area contributed by atoms with Gasteiger partial charge in [0.1, 0.15) is 0 Å². The van der Waals surface area contributed by atoms with E-state index in [4.69, 9.17) is 14.4 Å². The van der Waals surface area contributed by atoms with E-state index in [1.807, 2.05) is 18.3 Å². The van der Waals surface area contributed by atoms with Crippen LogP contribution in [0.25, 0.3) is 44.3 Å². The summed E-state index contributed by atoms with van der Waals surface area (Å²) in [6.45, 7) is 11.2. The highest BCUT2D eigenvalue weighted by Crippen LogP contribution is 2.35. The molecule has 0 fully saturated rings. The van der Waals surface area contributed by atoms with Crippen molar-refractivity contribution >= 4 is 21.7 Å². The summed E-state index contributed by atoms with van der Waals surface area (Å²) in [6.07, 6.45) is 4.52. The molecule has 3 aromatic heterocycles. The smallest absolute Gasteiger partial charge is 0.155 e. The van der Waals surface area contributed by atoms with Gasteiger partial charge in [0.05, 0.1) is 23.3 Å². The first-order valence-corrected chi connectivity index (χ1v) is 11.7. The van der Waals surface area contributed by atoms with E-state index in [0.29, 0.717) is 5.92 Å². The van der Waals surface area contributed by atoms with Gasteiger partial charge in [-0.15, -0.1) is 0 Å². The van der Waals surface area contributed by atoms with E-state index in [1.54, 1.807) is 6.26 Å². The number of rotatable bonds is 4. The van der Waals surface area contributed by atoms with Gasteiger partial charge in [0, 0.05) is 22.7 Å². The highest BCUT2D eigenvalue weighted by atomic mass is 16.3. The van der Waals surface area contributed by atoms with E-state index in [2.05, 4.69) is 83.1 Å². The molecule has 5 rings (SSSR count). The van der Waals surface area contributed by atoms with Crippen molar-refractivity contribution in [2.45, 2.75) is 46.5 Å². The molecule has 0 bridgehead atoms. The highest BCUT2D eigenvalue weighted by molar-refractivity contribution is 5.91. The van der Waals surface area contributed by atoms with Crippen molar-refractivity contribution in [3.05, 3.63) is 84.4 Å². The molecule has 33 heavy (non-hydrogen) atoms.